The van der Waals surface area contributed by atoms with Crippen LogP contribution in [-0.4, -0.2) is 27.8 Å². The van der Waals surface area contributed by atoms with Crippen molar-refractivity contribution in [1.29, 1.82) is 0 Å². The Labute approximate surface area is 118 Å². The Morgan fingerprint density at radius 1 is 1.42 bits per heavy atom. The van der Waals surface area contributed by atoms with Gasteiger partial charge in [0.15, 0.2) is 0 Å². The molecule has 0 aliphatic carbocycles. The minimum Gasteiger partial charge on any atom is -0.364 e. The zero-order valence-corrected chi connectivity index (χ0v) is 11.7. The van der Waals surface area contributed by atoms with Gasteiger partial charge in [-0.2, -0.15) is 4.98 Å². The van der Waals surface area contributed by atoms with Gasteiger partial charge in [-0.1, -0.05) is 5.16 Å². The van der Waals surface area contributed by atoms with Crippen LogP contribution in [0.4, 0.5) is 0 Å². The van der Waals surface area contributed by atoms with Crippen LogP contribution in [0.3, 0.4) is 0 Å². The van der Waals surface area contributed by atoms with Gasteiger partial charge in [0.05, 0.1) is 6.10 Å². The predicted octanol–water partition coefficient (Wildman–Crippen LogP) is 2.07. The molecule has 2 aromatic heterocycles. The van der Waals surface area contributed by atoms with Crippen LogP contribution in [0.2, 0.25) is 0 Å². The highest BCUT2D eigenvalue weighted by atomic mass is 79.9. The normalized spacial score (nSPS) is 22.8. The van der Waals surface area contributed by atoms with E-state index in [0.29, 0.717) is 24.0 Å². The van der Waals surface area contributed by atoms with Gasteiger partial charge in [-0.3, -0.25) is 4.98 Å². The second-order valence-electron chi connectivity index (χ2n) is 4.35. The van der Waals surface area contributed by atoms with Crippen LogP contribution in [0.1, 0.15) is 24.8 Å². The summed E-state index contributed by atoms with van der Waals surface area (Å²) in [5, 5.41) is 3.95. The number of ether oxygens (including phenoxy) is 1. The molecule has 0 bridgehead atoms. The molecule has 3 heterocycles. The molecule has 1 fully saturated rings. The molecule has 19 heavy (non-hydrogen) atoms. The van der Waals surface area contributed by atoms with Gasteiger partial charge in [-0.05, 0) is 40.9 Å². The van der Waals surface area contributed by atoms with E-state index in [0.717, 1.165) is 17.3 Å². The molecule has 0 radical (unpaired) electrons. The maximum atomic E-state index is 5.72. The Hall–Kier alpha value is -1.31. The lowest BCUT2D eigenvalue weighted by Gasteiger charge is -2.07. The number of rotatable bonds is 3. The Morgan fingerprint density at radius 2 is 2.32 bits per heavy atom. The van der Waals surface area contributed by atoms with Gasteiger partial charge in [-0.25, -0.2) is 0 Å². The van der Waals surface area contributed by atoms with Gasteiger partial charge in [0.1, 0.15) is 11.8 Å². The van der Waals surface area contributed by atoms with Crippen LogP contribution in [0.15, 0.2) is 27.3 Å². The van der Waals surface area contributed by atoms with Crippen molar-refractivity contribution in [3.8, 4) is 11.5 Å². The summed E-state index contributed by atoms with van der Waals surface area (Å²) in [6.45, 7) is 0.517. The summed E-state index contributed by atoms with van der Waals surface area (Å²) in [5.41, 5.74) is 6.24. The van der Waals surface area contributed by atoms with E-state index >= 15 is 0 Å². The highest BCUT2D eigenvalue weighted by Gasteiger charge is 2.30. The fraction of sp³-hybridized carbons (Fsp3) is 0.417. The molecule has 0 saturated carbocycles. The van der Waals surface area contributed by atoms with E-state index in [2.05, 4.69) is 31.1 Å². The van der Waals surface area contributed by atoms with E-state index in [-0.39, 0.29) is 12.2 Å². The highest BCUT2D eigenvalue weighted by molar-refractivity contribution is 9.10. The van der Waals surface area contributed by atoms with Gasteiger partial charge < -0.3 is 15.0 Å². The maximum Gasteiger partial charge on any atom is 0.256 e. The second-order valence-corrected chi connectivity index (χ2v) is 5.20. The lowest BCUT2D eigenvalue weighted by molar-refractivity contribution is 0.0307. The van der Waals surface area contributed by atoms with Crippen molar-refractivity contribution in [3.63, 3.8) is 0 Å². The van der Waals surface area contributed by atoms with E-state index in [1.165, 1.54) is 0 Å². The summed E-state index contributed by atoms with van der Waals surface area (Å²) < 4.78 is 11.8. The van der Waals surface area contributed by atoms with E-state index in [4.69, 9.17) is 15.0 Å². The molecule has 2 N–H and O–H groups in total. The number of aromatic nitrogens is 3. The summed E-state index contributed by atoms with van der Waals surface area (Å²) in [6.07, 6.45) is 3.39. The molecular weight excluding hydrogens is 312 g/mol. The van der Waals surface area contributed by atoms with Crippen molar-refractivity contribution < 1.29 is 9.26 Å². The molecule has 3 rings (SSSR count). The molecule has 0 aromatic carbocycles. The van der Waals surface area contributed by atoms with Gasteiger partial charge in [0.25, 0.3) is 5.89 Å². The summed E-state index contributed by atoms with van der Waals surface area (Å²) >= 11 is 3.41. The third-order valence-electron chi connectivity index (χ3n) is 3.06. The lowest BCUT2D eigenvalue weighted by atomic mass is 10.2. The highest BCUT2D eigenvalue weighted by Crippen LogP contribution is 2.32. The Morgan fingerprint density at radius 3 is 3.05 bits per heavy atom. The third kappa shape index (κ3) is 2.54. The van der Waals surface area contributed by atoms with E-state index in [1.807, 2.05) is 12.1 Å². The smallest absolute Gasteiger partial charge is 0.256 e. The van der Waals surface area contributed by atoms with Gasteiger partial charge in [0.2, 0.25) is 5.82 Å². The third-order valence-corrected chi connectivity index (χ3v) is 3.70. The lowest BCUT2D eigenvalue weighted by Crippen LogP contribution is -2.18. The fourth-order valence-electron chi connectivity index (χ4n) is 2.07. The molecule has 0 amide bonds. The number of hydrogen-bond donors (Lipinski definition) is 1. The average Bonchev–Trinajstić information content (AvgIpc) is 3.08. The summed E-state index contributed by atoms with van der Waals surface area (Å²) in [5.74, 6) is 0.950. The summed E-state index contributed by atoms with van der Waals surface area (Å²) in [4.78, 5) is 8.58. The molecule has 0 spiro atoms. The Balaban J connectivity index is 1.82. The molecule has 1 saturated heterocycles. The van der Waals surface area contributed by atoms with Crippen molar-refractivity contribution >= 4 is 15.9 Å². The zero-order valence-electron chi connectivity index (χ0n) is 10.1. The van der Waals surface area contributed by atoms with Crippen LogP contribution >= 0.6 is 15.9 Å². The van der Waals surface area contributed by atoms with Crippen LogP contribution in [0, 0.1) is 0 Å². The van der Waals surface area contributed by atoms with E-state index < -0.39 is 0 Å². The first-order valence-corrected chi connectivity index (χ1v) is 6.87. The number of hydrogen-bond acceptors (Lipinski definition) is 6. The zero-order chi connectivity index (χ0) is 13.2. The van der Waals surface area contributed by atoms with Crippen LogP contribution in [0.25, 0.3) is 11.5 Å². The van der Waals surface area contributed by atoms with Crippen LogP contribution in [-0.2, 0) is 4.74 Å². The monoisotopic (exact) mass is 324 g/mol. The molecule has 2 aromatic rings. The molecule has 6 nitrogen and oxygen atoms in total. The van der Waals surface area contributed by atoms with E-state index in [1.54, 1.807) is 6.20 Å². The predicted molar refractivity (Wildman–Crippen MR) is 71.1 cm³/mol. The fourth-order valence-corrected chi connectivity index (χ4v) is 2.51. The van der Waals surface area contributed by atoms with Crippen LogP contribution < -0.4 is 5.73 Å². The number of nitrogens with two attached hydrogens (primary N) is 1. The van der Waals surface area contributed by atoms with Crippen molar-refractivity contribution in [3.05, 3.63) is 28.7 Å². The van der Waals surface area contributed by atoms with E-state index in [9.17, 15) is 0 Å². The molecule has 2 atom stereocenters. The van der Waals surface area contributed by atoms with Crippen molar-refractivity contribution in [2.24, 2.45) is 5.73 Å². The standard InChI is InChI=1S/C12H13BrN4O2/c13-8-2-1-5-15-10(8)11-16-12(19-17-11)9-4-3-7(6-14)18-9/h1-2,5,7,9H,3-4,6,14H2. The van der Waals surface area contributed by atoms with Crippen molar-refractivity contribution in [1.82, 2.24) is 15.1 Å². The minimum absolute atomic E-state index is 0.0851. The molecule has 2 unspecified atom stereocenters. The summed E-state index contributed by atoms with van der Waals surface area (Å²) in [7, 11) is 0. The minimum atomic E-state index is -0.155. The molecule has 1 aliphatic rings. The Kier molecular flexibility index (Phi) is 3.58. The van der Waals surface area contributed by atoms with Crippen molar-refractivity contribution in [2.45, 2.75) is 25.0 Å². The SMILES string of the molecule is NCC1CCC(c2nc(-c3ncccc3Br)no2)O1. The molecule has 1 aliphatic heterocycles. The van der Waals surface area contributed by atoms with Gasteiger partial charge in [-0.15, -0.1) is 0 Å². The van der Waals surface area contributed by atoms with Crippen molar-refractivity contribution in [2.75, 3.05) is 6.54 Å². The second kappa shape index (κ2) is 5.36. The number of halogens is 1. The first-order chi connectivity index (χ1) is 9.28. The first kappa shape index (κ1) is 12.7. The summed E-state index contributed by atoms with van der Waals surface area (Å²) in [6, 6.07) is 3.72. The topological polar surface area (TPSA) is 87.1 Å². The molecular formula is C12H13BrN4O2. The average molecular weight is 325 g/mol. The van der Waals surface area contributed by atoms with Crippen LogP contribution in [0.5, 0.6) is 0 Å². The largest absolute Gasteiger partial charge is 0.364 e. The first-order valence-electron chi connectivity index (χ1n) is 6.08. The number of nitrogens with zero attached hydrogens (tertiary/aromatic N) is 3. The number of pyridine rings is 1. The maximum absolute atomic E-state index is 5.72. The van der Waals surface area contributed by atoms with Gasteiger partial charge in [0, 0.05) is 17.2 Å². The van der Waals surface area contributed by atoms with Gasteiger partial charge >= 0.3 is 0 Å². The molecule has 7 heteroatoms. The molecule has 100 valence electrons. The Bertz CT molecular complexity index is 574. The quantitative estimate of drug-likeness (QED) is 0.929.